The molecule has 104 valence electrons. The Labute approximate surface area is 133 Å². The molecule has 0 fully saturated rings. The summed E-state index contributed by atoms with van der Waals surface area (Å²) in [5, 5.41) is 0. The van der Waals surface area contributed by atoms with E-state index in [1.165, 1.54) is 30.1 Å². The molecule has 0 bridgehead atoms. The van der Waals surface area contributed by atoms with E-state index in [1.807, 2.05) is 0 Å². The zero-order chi connectivity index (χ0) is 12.6. The second kappa shape index (κ2) is 17.3. The first-order valence-electron chi connectivity index (χ1n) is 6.27. The minimum atomic E-state index is 0.676. The van der Waals surface area contributed by atoms with E-state index in [0.29, 0.717) is 26.4 Å². The smallest absolute Gasteiger partial charge is 0.0701 e. The lowest BCUT2D eigenvalue weighted by molar-refractivity contribution is 0.0169. The zero-order valence-corrected chi connectivity index (χ0v) is 14.8. The van der Waals surface area contributed by atoms with Crippen LogP contribution in [0.25, 0.3) is 0 Å². The normalized spacial score (nSPS) is 10.9. The molecule has 0 aromatic rings. The molecule has 0 unspecified atom stereocenters. The summed E-state index contributed by atoms with van der Waals surface area (Å²) in [4.78, 5) is 0. The minimum absolute atomic E-state index is 0.676. The summed E-state index contributed by atoms with van der Waals surface area (Å²) in [5.41, 5.74) is 0. The number of alkyl halides is 2. The van der Waals surface area contributed by atoms with Gasteiger partial charge in [-0.15, -0.1) is 0 Å². The molecule has 0 saturated carbocycles. The van der Waals surface area contributed by atoms with Crippen molar-refractivity contribution in [3.8, 4) is 0 Å². The maximum absolute atomic E-state index is 5.47. The Bertz CT molecular complexity index is 123. The molecule has 3 nitrogen and oxygen atoms in total. The number of halogens is 2. The lowest BCUT2D eigenvalue weighted by Crippen LogP contribution is -2.10. The predicted octanol–water partition coefficient (Wildman–Crippen LogP) is 3.47. The summed E-state index contributed by atoms with van der Waals surface area (Å²) >= 11 is 4.72. The molecule has 0 aliphatic rings. The highest BCUT2D eigenvalue weighted by molar-refractivity contribution is 14.1. The van der Waals surface area contributed by atoms with E-state index < -0.39 is 0 Å². The Kier molecular flexibility index (Phi) is 18.7. The van der Waals surface area contributed by atoms with E-state index in [0.717, 1.165) is 17.6 Å². The average Bonchev–Trinajstić information content (AvgIpc) is 2.35. The molecule has 0 amide bonds. The van der Waals surface area contributed by atoms with Crippen molar-refractivity contribution < 1.29 is 14.2 Å². The Morgan fingerprint density at radius 2 is 1.00 bits per heavy atom. The van der Waals surface area contributed by atoms with Crippen molar-refractivity contribution in [2.75, 3.05) is 48.5 Å². The van der Waals surface area contributed by atoms with Crippen LogP contribution in [0.3, 0.4) is 0 Å². The van der Waals surface area contributed by atoms with Crippen LogP contribution in [0.5, 0.6) is 0 Å². The van der Waals surface area contributed by atoms with Crippen LogP contribution in [0.1, 0.15) is 25.7 Å². The van der Waals surface area contributed by atoms with Gasteiger partial charge in [0, 0.05) is 11.0 Å². The standard InChI is InChI=1S/C12H24I2O3/c13-5-3-1-2-4-7-15-9-11-17-12-10-16-8-6-14/h1-12H2. The van der Waals surface area contributed by atoms with Crippen LogP contribution < -0.4 is 0 Å². The van der Waals surface area contributed by atoms with Gasteiger partial charge >= 0.3 is 0 Å². The first-order valence-corrected chi connectivity index (χ1v) is 9.32. The summed E-state index contributed by atoms with van der Waals surface area (Å²) in [6.07, 6.45) is 5.13. The van der Waals surface area contributed by atoms with Crippen LogP contribution in [-0.4, -0.2) is 48.5 Å². The maximum atomic E-state index is 5.47. The molecule has 0 aliphatic heterocycles. The van der Waals surface area contributed by atoms with Gasteiger partial charge in [-0.2, -0.15) is 0 Å². The molecule has 0 atom stereocenters. The zero-order valence-electron chi connectivity index (χ0n) is 10.5. The van der Waals surface area contributed by atoms with Gasteiger partial charge in [0.25, 0.3) is 0 Å². The van der Waals surface area contributed by atoms with Crippen LogP contribution in [-0.2, 0) is 14.2 Å². The third kappa shape index (κ3) is 17.3. The highest BCUT2D eigenvalue weighted by Crippen LogP contribution is 2.02. The number of rotatable bonds is 14. The maximum Gasteiger partial charge on any atom is 0.0701 e. The van der Waals surface area contributed by atoms with Gasteiger partial charge in [0.15, 0.2) is 0 Å². The fourth-order valence-electron chi connectivity index (χ4n) is 1.25. The fraction of sp³-hybridized carbons (Fsp3) is 1.00. The van der Waals surface area contributed by atoms with E-state index in [1.54, 1.807) is 0 Å². The third-order valence-corrected chi connectivity index (χ3v) is 3.34. The SMILES string of the molecule is ICCCCCCOCCOCCOCCI. The predicted molar refractivity (Wildman–Crippen MR) is 88.7 cm³/mol. The minimum Gasteiger partial charge on any atom is -0.379 e. The van der Waals surface area contributed by atoms with Crippen molar-refractivity contribution in [2.24, 2.45) is 0 Å². The summed E-state index contributed by atoms with van der Waals surface area (Å²) in [7, 11) is 0. The molecular formula is C12H24I2O3. The van der Waals surface area contributed by atoms with Gasteiger partial charge in [-0.1, -0.05) is 58.0 Å². The Hall–Kier alpha value is 1.34. The molecule has 0 spiro atoms. The van der Waals surface area contributed by atoms with Crippen LogP contribution in [0.15, 0.2) is 0 Å². The monoisotopic (exact) mass is 470 g/mol. The van der Waals surface area contributed by atoms with Crippen LogP contribution in [0, 0.1) is 0 Å². The number of ether oxygens (including phenoxy) is 3. The van der Waals surface area contributed by atoms with Gasteiger partial charge in [0.1, 0.15) is 0 Å². The molecule has 0 aromatic heterocycles. The fourth-order valence-corrected chi connectivity index (χ4v) is 2.10. The summed E-state index contributed by atoms with van der Waals surface area (Å²) in [6.45, 7) is 4.45. The van der Waals surface area contributed by atoms with Crippen LogP contribution in [0.4, 0.5) is 0 Å². The van der Waals surface area contributed by atoms with Crippen molar-refractivity contribution in [3.63, 3.8) is 0 Å². The third-order valence-electron chi connectivity index (χ3n) is 2.14. The molecule has 5 heteroatoms. The van der Waals surface area contributed by atoms with E-state index in [-0.39, 0.29) is 0 Å². The van der Waals surface area contributed by atoms with E-state index in [2.05, 4.69) is 45.2 Å². The quantitative estimate of drug-likeness (QED) is 0.221. The summed E-state index contributed by atoms with van der Waals surface area (Å²) in [6, 6.07) is 0. The molecule has 0 aliphatic carbocycles. The highest BCUT2D eigenvalue weighted by Gasteiger charge is 1.92. The molecule has 0 rings (SSSR count). The topological polar surface area (TPSA) is 27.7 Å². The molecule has 17 heavy (non-hydrogen) atoms. The van der Waals surface area contributed by atoms with Gasteiger partial charge in [0.05, 0.1) is 33.0 Å². The lowest BCUT2D eigenvalue weighted by atomic mass is 10.2. The first-order chi connectivity index (χ1) is 8.41. The van der Waals surface area contributed by atoms with Crippen LogP contribution >= 0.6 is 45.2 Å². The molecule has 0 radical (unpaired) electrons. The van der Waals surface area contributed by atoms with E-state index in [9.17, 15) is 0 Å². The second-order valence-electron chi connectivity index (χ2n) is 3.63. The van der Waals surface area contributed by atoms with Gasteiger partial charge in [-0.25, -0.2) is 0 Å². The molecule has 0 heterocycles. The number of unbranched alkanes of at least 4 members (excludes halogenated alkanes) is 3. The van der Waals surface area contributed by atoms with Crippen LogP contribution in [0.2, 0.25) is 0 Å². The average molecular weight is 470 g/mol. The largest absolute Gasteiger partial charge is 0.379 e. The Morgan fingerprint density at radius 3 is 1.59 bits per heavy atom. The lowest BCUT2D eigenvalue weighted by Gasteiger charge is -2.06. The number of hydrogen-bond acceptors (Lipinski definition) is 3. The van der Waals surface area contributed by atoms with Crippen molar-refractivity contribution >= 4 is 45.2 Å². The second-order valence-corrected chi connectivity index (χ2v) is 5.79. The molecular weight excluding hydrogens is 446 g/mol. The summed E-state index contributed by atoms with van der Waals surface area (Å²) < 4.78 is 18.4. The van der Waals surface area contributed by atoms with Gasteiger partial charge in [-0.3, -0.25) is 0 Å². The van der Waals surface area contributed by atoms with Crippen molar-refractivity contribution in [1.29, 1.82) is 0 Å². The Balaban J connectivity index is 2.85. The highest BCUT2D eigenvalue weighted by atomic mass is 127. The van der Waals surface area contributed by atoms with Gasteiger partial charge < -0.3 is 14.2 Å². The first kappa shape index (κ1) is 18.3. The van der Waals surface area contributed by atoms with Crippen molar-refractivity contribution in [1.82, 2.24) is 0 Å². The number of hydrogen-bond donors (Lipinski definition) is 0. The van der Waals surface area contributed by atoms with E-state index >= 15 is 0 Å². The molecule has 0 aromatic carbocycles. The Morgan fingerprint density at radius 1 is 0.471 bits per heavy atom. The van der Waals surface area contributed by atoms with Crippen molar-refractivity contribution in [3.05, 3.63) is 0 Å². The van der Waals surface area contributed by atoms with Crippen molar-refractivity contribution in [2.45, 2.75) is 25.7 Å². The van der Waals surface area contributed by atoms with E-state index in [4.69, 9.17) is 14.2 Å². The van der Waals surface area contributed by atoms with Gasteiger partial charge in [-0.05, 0) is 17.3 Å². The molecule has 0 N–H and O–H groups in total. The summed E-state index contributed by atoms with van der Waals surface area (Å²) in [5.74, 6) is 0. The van der Waals surface area contributed by atoms with Gasteiger partial charge in [0.2, 0.25) is 0 Å². The molecule has 0 saturated heterocycles.